The maximum absolute atomic E-state index is 11.6. The Kier molecular flexibility index (Phi) is 4.67. The summed E-state index contributed by atoms with van der Waals surface area (Å²) >= 11 is 0. The van der Waals surface area contributed by atoms with Crippen molar-refractivity contribution in [1.29, 1.82) is 0 Å². The van der Waals surface area contributed by atoms with Gasteiger partial charge in [-0.2, -0.15) is 5.10 Å². The third-order valence-electron chi connectivity index (χ3n) is 5.23. The molecule has 1 aromatic heterocycles. The molecule has 0 saturated heterocycles. The zero-order valence-electron chi connectivity index (χ0n) is 15.4. The molecule has 3 rings (SSSR count). The number of hydrogen-bond acceptors (Lipinski definition) is 4. The van der Waals surface area contributed by atoms with Crippen molar-refractivity contribution in [3.63, 3.8) is 0 Å². The van der Waals surface area contributed by atoms with Crippen LogP contribution in [0, 0.1) is 0 Å². The van der Waals surface area contributed by atoms with Gasteiger partial charge in [0.25, 0.3) is 5.91 Å². The van der Waals surface area contributed by atoms with Crippen LogP contribution in [0.5, 0.6) is 0 Å². The Labute approximate surface area is 148 Å². The van der Waals surface area contributed by atoms with Crippen molar-refractivity contribution >= 4 is 5.91 Å². The van der Waals surface area contributed by atoms with E-state index in [0.717, 1.165) is 18.5 Å². The van der Waals surface area contributed by atoms with Crippen LogP contribution in [0.2, 0.25) is 0 Å². The van der Waals surface area contributed by atoms with Gasteiger partial charge in [-0.05, 0) is 44.0 Å². The first kappa shape index (κ1) is 17.6. The van der Waals surface area contributed by atoms with Gasteiger partial charge in [0.05, 0.1) is 18.7 Å². The monoisotopic (exact) mass is 342 g/mol. The molecule has 0 bridgehead atoms. The zero-order valence-corrected chi connectivity index (χ0v) is 15.4. The van der Waals surface area contributed by atoms with Gasteiger partial charge in [-0.15, -0.1) is 0 Å². The Morgan fingerprint density at radius 1 is 1.40 bits per heavy atom. The van der Waals surface area contributed by atoms with Crippen molar-refractivity contribution < 1.29 is 9.53 Å². The fourth-order valence-electron chi connectivity index (χ4n) is 3.46. The first-order valence-electron chi connectivity index (χ1n) is 8.51. The molecule has 0 spiro atoms. The summed E-state index contributed by atoms with van der Waals surface area (Å²) in [6.07, 6.45) is 2.77. The average Bonchev–Trinajstić information content (AvgIpc) is 2.95. The van der Waals surface area contributed by atoms with Crippen molar-refractivity contribution in [2.75, 3.05) is 20.7 Å². The van der Waals surface area contributed by atoms with Crippen LogP contribution in [-0.4, -0.2) is 41.3 Å². The summed E-state index contributed by atoms with van der Waals surface area (Å²) in [5.41, 5.74) is 10.4. The Bertz CT molecular complexity index is 795. The Hall–Kier alpha value is -2.18. The maximum Gasteiger partial charge on any atom is 0.252 e. The molecule has 2 heterocycles. The summed E-state index contributed by atoms with van der Waals surface area (Å²) < 4.78 is 6.87. The lowest BCUT2D eigenvalue weighted by molar-refractivity contribution is 0.0995. The molecule has 134 valence electrons. The molecule has 6 nitrogen and oxygen atoms in total. The normalized spacial score (nSPS) is 16.6. The van der Waals surface area contributed by atoms with Crippen LogP contribution >= 0.6 is 0 Å². The predicted octanol–water partition coefficient (Wildman–Crippen LogP) is 1.90. The number of methoxy groups -OCH3 is 1. The fourth-order valence-corrected chi connectivity index (χ4v) is 3.46. The Balaban J connectivity index is 1.91. The van der Waals surface area contributed by atoms with Crippen LogP contribution in [0.3, 0.4) is 0 Å². The molecule has 6 heteroatoms. The van der Waals surface area contributed by atoms with Crippen LogP contribution in [0.25, 0.3) is 0 Å². The molecule has 0 unspecified atom stereocenters. The van der Waals surface area contributed by atoms with Crippen molar-refractivity contribution in [2.24, 2.45) is 5.73 Å². The quantitative estimate of drug-likeness (QED) is 0.901. The van der Waals surface area contributed by atoms with Crippen LogP contribution in [-0.2, 0) is 29.8 Å². The number of aromatic nitrogens is 2. The third kappa shape index (κ3) is 3.32. The van der Waals surface area contributed by atoms with E-state index in [1.54, 1.807) is 18.0 Å². The lowest BCUT2D eigenvalue weighted by atomic mass is 9.83. The molecule has 1 aliphatic rings. The highest BCUT2D eigenvalue weighted by Gasteiger charge is 2.31. The molecule has 1 aliphatic heterocycles. The number of nitrogens with zero attached hydrogens (tertiary/aromatic N) is 3. The smallest absolute Gasteiger partial charge is 0.252 e. The molecular formula is C19H26N4O2. The third-order valence-corrected chi connectivity index (χ3v) is 5.23. The van der Waals surface area contributed by atoms with Crippen LogP contribution < -0.4 is 5.73 Å². The van der Waals surface area contributed by atoms with Gasteiger partial charge < -0.3 is 10.5 Å². The fraction of sp³-hybridized carbons (Fsp3) is 0.474. The van der Waals surface area contributed by atoms with E-state index in [0.29, 0.717) is 17.8 Å². The van der Waals surface area contributed by atoms with E-state index in [2.05, 4.69) is 49.1 Å². The van der Waals surface area contributed by atoms with Gasteiger partial charge in [-0.3, -0.25) is 14.4 Å². The maximum atomic E-state index is 11.6. The van der Waals surface area contributed by atoms with E-state index in [1.165, 1.54) is 11.1 Å². The van der Waals surface area contributed by atoms with E-state index in [9.17, 15) is 4.79 Å². The number of primary amides is 1. The van der Waals surface area contributed by atoms with E-state index >= 15 is 0 Å². The minimum absolute atomic E-state index is 0.00725. The number of likely N-dealkylation sites (N-methyl/N-ethyl adjacent to an activating group) is 1. The van der Waals surface area contributed by atoms with Crippen LogP contribution in [0.15, 0.2) is 24.4 Å². The summed E-state index contributed by atoms with van der Waals surface area (Å²) in [6.45, 7) is 6.44. The molecular weight excluding hydrogens is 316 g/mol. The molecule has 25 heavy (non-hydrogen) atoms. The number of benzene rings is 1. The lowest BCUT2D eigenvalue weighted by Crippen LogP contribution is -2.44. The van der Waals surface area contributed by atoms with E-state index in [-0.39, 0.29) is 12.1 Å². The number of fused-ring (bicyclic) bond motifs is 1. The van der Waals surface area contributed by atoms with Crippen molar-refractivity contribution in [3.05, 3.63) is 52.3 Å². The minimum atomic E-state index is -0.480. The van der Waals surface area contributed by atoms with Gasteiger partial charge >= 0.3 is 0 Å². The minimum Gasteiger partial charge on any atom is -0.378 e. The number of carbonyl (C=O) groups excluding carboxylic acids is 1. The second kappa shape index (κ2) is 6.61. The number of ether oxygens (including phenoxy) is 1. The van der Waals surface area contributed by atoms with Gasteiger partial charge in [0, 0.05) is 25.4 Å². The van der Waals surface area contributed by atoms with Gasteiger partial charge in [-0.25, -0.2) is 0 Å². The summed E-state index contributed by atoms with van der Waals surface area (Å²) in [4.78, 5) is 14.0. The van der Waals surface area contributed by atoms with Crippen LogP contribution in [0.4, 0.5) is 0 Å². The number of carbonyl (C=O) groups is 1. The molecule has 0 atom stereocenters. The summed E-state index contributed by atoms with van der Waals surface area (Å²) in [6, 6.07) is 6.61. The van der Waals surface area contributed by atoms with Crippen LogP contribution in [0.1, 0.15) is 46.6 Å². The molecule has 2 aromatic rings. The Morgan fingerprint density at radius 2 is 2.16 bits per heavy atom. The Morgan fingerprint density at radius 3 is 2.84 bits per heavy atom. The van der Waals surface area contributed by atoms with Gasteiger partial charge in [0.2, 0.25) is 0 Å². The van der Waals surface area contributed by atoms with Gasteiger partial charge in [-0.1, -0.05) is 18.2 Å². The van der Waals surface area contributed by atoms with Crippen molar-refractivity contribution in [1.82, 2.24) is 14.7 Å². The van der Waals surface area contributed by atoms with Crippen molar-refractivity contribution in [3.8, 4) is 0 Å². The van der Waals surface area contributed by atoms with Gasteiger partial charge in [0.1, 0.15) is 5.69 Å². The summed E-state index contributed by atoms with van der Waals surface area (Å²) in [5.74, 6) is -0.480. The largest absolute Gasteiger partial charge is 0.378 e. The first-order chi connectivity index (χ1) is 11.8. The lowest BCUT2D eigenvalue weighted by Gasteiger charge is -2.41. The second-order valence-corrected chi connectivity index (χ2v) is 7.21. The molecule has 0 radical (unpaired) electrons. The topological polar surface area (TPSA) is 73.4 Å². The SMILES string of the molecule is COCc1nn(Cc2ccc3c(c2)C(C)(C)N(C)CC3)cc1C(N)=O. The molecule has 1 amide bonds. The predicted molar refractivity (Wildman–Crippen MR) is 96.4 cm³/mol. The summed E-state index contributed by atoms with van der Waals surface area (Å²) in [5, 5.41) is 4.46. The number of nitrogens with two attached hydrogens (primary N) is 1. The molecule has 0 aliphatic carbocycles. The van der Waals surface area contributed by atoms with E-state index in [1.807, 2.05) is 0 Å². The number of amides is 1. The number of rotatable bonds is 5. The first-order valence-corrected chi connectivity index (χ1v) is 8.51. The van der Waals surface area contributed by atoms with E-state index < -0.39 is 5.91 Å². The molecule has 1 aromatic carbocycles. The van der Waals surface area contributed by atoms with Gasteiger partial charge in [0.15, 0.2) is 0 Å². The highest BCUT2D eigenvalue weighted by molar-refractivity contribution is 5.93. The zero-order chi connectivity index (χ0) is 18.2. The second-order valence-electron chi connectivity index (χ2n) is 7.21. The summed E-state index contributed by atoms with van der Waals surface area (Å²) in [7, 11) is 3.74. The van der Waals surface area contributed by atoms with E-state index in [4.69, 9.17) is 10.5 Å². The number of hydrogen-bond donors (Lipinski definition) is 1. The molecule has 0 fully saturated rings. The highest BCUT2D eigenvalue weighted by atomic mass is 16.5. The standard InChI is InChI=1S/C19H26N4O2/c1-19(2)16-9-13(5-6-14(16)7-8-22(19)3)10-23-11-15(18(20)24)17(21-23)12-25-4/h5-6,9,11H,7-8,10,12H2,1-4H3,(H2,20,24). The average molecular weight is 342 g/mol. The highest BCUT2D eigenvalue weighted by Crippen LogP contribution is 2.34. The molecule has 2 N–H and O–H groups in total. The molecule has 0 saturated carbocycles. The van der Waals surface area contributed by atoms with Crippen molar-refractivity contribution in [2.45, 2.75) is 39.0 Å².